The molecule has 118 valence electrons. The minimum Gasteiger partial charge on any atom is -0.464 e. The second-order valence-electron chi connectivity index (χ2n) is 4.77. The molecule has 6 heteroatoms. The third kappa shape index (κ3) is 4.80. The number of carbonyl (C=O) groups excluding carboxylic acids is 2. The highest BCUT2D eigenvalue weighted by Gasteiger charge is 2.21. The molecule has 1 amide bonds. The maximum absolute atomic E-state index is 11.9. The topological polar surface area (TPSA) is 64.6 Å². The van der Waals surface area contributed by atoms with E-state index in [0.717, 1.165) is 35.5 Å². The fourth-order valence-electron chi connectivity index (χ4n) is 2.11. The Morgan fingerprint density at radius 1 is 1.18 bits per heavy atom. The van der Waals surface area contributed by atoms with E-state index in [2.05, 4.69) is 5.32 Å². The van der Waals surface area contributed by atoms with Crippen molar-refractivity contribution in [2.45, 2.75) is 19.4 Å². The van der Waals surface area contributed by atoms with Crippen LogP contribution in [0.25, 0.3) is 0 Å². The van der Waals surface area contributed by atoms with Gasteiger partial charge < -0.3 is 9.47 Å². The van der Waals surface area contributed by atoms with Gasteiger partial charge in [0.2, 0.25) is 0 Å². The molecule has 1 fully saturated rings. The number of nitrogens with one attached hydrogen (secondary N) is 1. The van der Waals surface area contributed by atoms with Crippen molar-refractivity contribution in [3.05, 3.63) is 47.2 Å². The Balaban J connectivity index is 1.97. The summed E-state index contributed by atoms with van der Waals surface area (Å²) >= 11 is 1.83. The van der Waals surface area contributed by atoms with Crippen LogP contribution in [-0.4, -0.2) is 30.7 Å². The third-order valence-corrected chi connectivity index (χ3v) is 4.26. The average molecular weight is 321 g/mol. The molecule has 22 heavy (non-hydrogen) atoms. The third-order valence-electron chi connectivity index (χ3n) is 3.28. The summed E-state index contributed by atoms with van der Waals surface area (Å²) < 4.78 is 9.90. The Morgan fingerprint density at radius 2 is 1.86 bits per heavy atom. The number of allylic oxidation sites excluding steroid dienone is 1. The largest absolute Gasteiger partial charge is 0.464 e. The molecule has 5 nitrogen and oxygen atoms in total. The zero-order chi connectivity index (χ0) is 15.8. The van der Waals surface area contributed by atoms with E-state index in [1.54, 1.807) is 0 Å². The summed E-state index contributed by atoms with van der Waals surface area (Å²) in [5.74, 6) is 1.35. The fourth-order valence-corrected chi connectivity index (χ4v) is 3.10. The molecule has 0 aliphatic carbocycles. The van der Waals surface area contributed by atoms with E-state index in [0.29, 0.717) is 0 Å². The lowest BCUT2D eigenvalue weighted by molar-refractivity contribution is -0.136. The lowest BCUT2D eigenvalue weighted by atomic mass is 10.1. The van der Waals surface area contributed by atoms with Crippen LogP contribution in [0.1, 0.15) is 18.4 Å². The van der Waals surface area contributed by atoms with Gasteiger partial charge in [0.05, 0.1) is 7.11 Å². The minimum absolute atomic E-state index is 0.159. The number of methoxy groups -OCH3 is 1. The SMILES string of the molecule is COC(=O)C(NC(=O)OCc1ccccc1)=C1CCSCC1. The van der Waals surface area contributed by atoms with Gasteiger partial charge in [0.15, 0.2) is 0 Å². The molecule has 1 heterocycles. The average Bonchev–Trinajstić information content (AvgIpc) is 2.59. The summed E-state index contributed by atoms with van der Waals surface area (Å²) in [6, 6.07) is 9.37. The first-order valence-corrected chi connectivity index (χ1v) is 8.22. The molecular formula is C16H19NO4S. The summed E-state index contributed by atoms with van der Waals surface area (Å²) in [6.45, 7) is 0.159. The molecule has 0 bridgehead atoms. The van der Waals surface area contributed by atoms with Crippen molar-refractivity contribution in [2.75, 3.05) is 18.6 Å². The van der Waals surface area contributed by atoms with Gasteiger partial charge in [-0.05, 0) is 35.5 Å². The van der Waals surface area contributed by atoms with Crippen molar-refractivity contribution >= 4 is 23.8 Å². The van der Waals surface area contributed by atoms with Gasteiger partial charge in [-0.3, -0.25) is 5.32 Å². The Bertz CT molecular complexity index is 549. The van der Waals surface area contributed by atoms with Crippen LogP contribution < -0.4 is 5.32 Å². The first-order valence-electron chi connectivity index (χ1n) is 7.06. The molecule has 0 atom stereocenters. The zero-order valence-corrected chi connectivity index (χ0v) is 13.3. The monoisotopic (exact) mass is 321 g/mol. The summed E-state index contributed by atoms with van der Waals surface area (Å²) in [5.41, 5.74) is 2.03. The number of esters is 1. The number of rotatable bonds is 4. The molecule has 2 rings (SSSR count). The standard InChI is InChI=1S/C16H19NO4S/c1-20-15(18)14(13-7-9-22-10-8-13)17-16(19)21-11-12-5-3-2-4-6-12/h2-6H,7-11H2,1H3,(H,17,19). The number of benzene rings is 1. The number of alkyl carbamates (subject to hydrolysis) is 1. The van der Waals surface area contributed by atoms with Crippen LogP contribution in [-0.2, 0) is 20.9 Å². The number of ether oxygens (including phenoxy) is 2. The predicted molar refractivity (Wildman–Crippen MR) is 85.4 cm³/mol. The summed E-state index contributed by atoms with van der Waals surface area (Å²) in [4.78, 5) is 23.8. The molecule has 1 saturated heterocycles. The normalized spacial score (nSPS) is 14.1. The zero-order valence-electron chi connectivity index (χ0n) is 12.5. The predicted octanol–water partition coefficient (Wildman–Crippen LogP) is 2.87. The van der Waals surface area contributed by atoms with Gasteiger partial charge in [-0.25, -0.2) is 9.59 Å². The molecule has 0 radical (unpaired) electrons. The Labute approximate surface area is 134 Å². The molecule has 1 aliphatic heterocycles. The number of hydrogen-bond acceptors (Lipinski definition) is 5. The van der Waals surface area contributed by atoms with E-state index in [1.807, 2.05) is 42.1 Å². The number of hydrogen-bond donors (Lipinski definition) is 1. The van der Waals surface area contributed by atoms with Crippen LogP contribution in [0.2, 0.25) is 0 Å². The summed E-state index contributed by atoms with van der Waals surface area (Å²) in [6.07, 6.45) is 0.900. The van der Waals surface area contributed by atoms with Crippen molar-refractivity contribution in [1.29, 1.82) is 0 Å². The molecule has 0 saturated carbocycles. The van der Waals surface area contributed by atoms with Crippen molar-refractivity contribution in [2.24, 2.45) is 0 Å². The molecule has 0 aromatic heterocycles. The van der Waals surface area contributed by atoms with Gasteiger partial charge in [-0.2, -0.15) is 11.8 Å². The lowest BCUT2D eigenvalue weighted by Crippen LogP contribution is -2.30. The minimum atomic E-state index is -0.644. The van der Waals surface area contributed by atoms with Gasteiger partial charge in [-0.1, -0.05) is 30.3 Å². The molecule has 0 spiro atoms. The molecule has 1 aromatic carbocycles. The van der Waals surface area contributed by atoms with Crippen LogP contribution in [0.4, 0.5) is 4.79 Å². The maximum Gasteiger partial charge on any atom is 0.412 e. The quantitative estimate of drug-likeness (QED) is 0.682. The smallest absolute Gasteiger partial charge is 0.412 e. The molecular weight excluding hydrogens is 302 g/mol. The Morgan fingerprint density at radius 3 is 2.50 bits per heavy atom. The van der Waals surface area contributed by atoms with E-state index in [-0.39, 0.29) is 12.3 Å². The van der Waals surface area contributed by atoms with Crippen LogP contribution >= 0.6 is 11.8 Å². The van der Waals surface area contributed by atoms with Crippen molar-refractivity contribution in [3.8, 4) is 0 Å². The van der Waals surface area contributed by atoms with Crippen LogP contribution in [0.5, 0.6) is 0 Å². The van der Waals surface area contributed by atoms with Crippen LogP contribution in [0.15, 0.2) is 41.6 Å². The molecule has 1 aliphatic rings. The van der Waals surface area contributed by atoms with Gasteiger partial charge in [-0.15, -0.1) is 0 Å². The van der Waals surface area contributed by atoms with E-state index >= 15 is 0 Å². The number of amides is 1. The first kappa shape index (κ1) is 16.4. The van der Waals surface area contributed by atoms with Crippen molar-refractivity contribution in [3.63, 3.8) is 0 Å². The highest BCUT2D eigenvalue weighted by molar-refractivity contribution is 7.99. The Kier molecular flexibility index (Phi) is 6.33. The van der Waals surface area contributed by atoms with Gasteiger partial charge in [0.1, 0.15) is 12.3 Å². The first-order chi connectivity index (χ1) is 10.7. The van der Waals surface area contributed by atoms with Crippen molar-refractivity contribution < 1.29 is 19.1 Å². The van der Waals surface area contributed by atoms with Gasteiger partial charge in [0, 0.05) is 0 Å². The van der Waals surface area contributed by atoms with Crippen LogP contribution in [0.3, 0.4) is 0 Å². The Hall–Kier alpha value is -1.95. The van der Waals surface area contributed by atoms with E-state index in [4.69, 9.17) is 9.47 Å². The number of carbonyl (C=O) groups is 2. The highest BCUT2D eigenvalue weighted by atomic mass is 32.2. The number of thioether (sulfide) groups is 1. The maximum atomic E-state index is 11.9. The lowest BCUT2D eigenvalue weighted by Gasteiger charge is -2.18. The van der Waals surface area contributed by atoms with Gasteiger partial charge >= 0.3 is 12.1 Å². The van der Waals surface area contributed by atoms with E-state index in [1.165, 1.54) is 7.11 Å². The fraction of sp³-hybridized carbons (Fsp3) is 0.375. The second kappa shape index (κ2) is 8.48. The van der Waals surface area contributed by atoms with Gasteiger partial charge in [0.25, 0.3) is 0 Å². The van der Waals surface area contributed by atoms with Crippen molar-refractivity contribution in [1.82, 2.24) is 5.32 Å². The van der Waals surface area contributed by atoms with E-state index in [9.17, 15) is 9.59 Å². The molecule has 1 aromatic rings. The second-order valence-corrected chi connectivity index (χ2v) is 5.99. The summed E-state index contributed by atoms with van der Waals surface area (Å²) in [5, 5.41) is 2.54. The molecule has 1 N–H and O–H groups in total. The molecule has 0 unspecified atom stereocenters. The highest BCUT2D eigenvalue weighted by Crippen LogP contribution is 2.24. The van der Waals surface area contributed by atoms with Crippen LogP contribution in [0, 0.1) is 0 Å². The van der Waals surface area contributed by atoms with E-state index < -0.39 is 12.1 Å². The summed E-state index contributed by atoms with van der Waals surface area (Å²) in [7, 11) is 1.30.